The number of carbonyl (C=O) groups is 1. The van der Waals surface area contributed by atoms with Crippen molar-refractivity contribution in [3.8, 4) is 5.75 Å². The Kier molecular flexibility index (Phi) is 4.91. The van der Waals surface area contributed by atoms with Gasteiger partial charge in [-0.25, -0.2) is 4.39 Å². The average Bonchev–Trinajstić information content (AvgIpc) is 2.98. The fraction of sp³-hybridized carbons (Fsp3) is 0.238. The summed E-state index contributed by atoms with van der Waals surface area (Å²) in [5.74, 6) is -0.209. The molecule has 0 saturated carbocycles. The smallest absolute Gasteiger partial charge is 0.258 e. The lowest BCUT2D eigenvalue weighted by molar-refractivity contribution is 0.0506. The summed E-state index contributed by atoms with van der Waals surface area (Å²) in [4.78, 5) is 19.2. The van der Waals surface area contributed by atoms with Gasteiger partial charge >= 0.3 is 0 Å². The molecule has 0 atom stereocenters. The van der Waals surface area contributed by atoms with E-state index >= 15 is 0 Å². The largest absolute Gasteiger partial charge is 0.464 e. The van der Waals surface area contributed by atoms with Crippen molar-refractivity contribution in [2.24, 2.45) is 0 Å². The Morgan fingerprint density at radius 2 is 2.11 bits per heavy atom. The third kappa shape index (κ3) is 3.19. The number of fused-ring (bicyclic) bond motifs is 2. The zero-order valence-electron chi connectivity index (χ0n) is 15.5. The highest BCUT2D eigenvalue weighted by molar-refractivity contribution is 6.30. The highest BCUT2D eigenvalue weighted by Gasteiger charge is 2.33. The third-order valence-electron chi connectivity index (χ3n) is 4.83. The first kappa shape index (κ1) is 18.7. The van der Waals surface area contributed by atoms with Gasteiger partial charge in [0.1, 0.15) is 11.3 Å². The van der Waals surface area contributed by atoms with Gasteiger partial charge < -0.3 is 14.4 Å². The average molecular weight is 401 g/mol. The van der Waals surface area contributed by atoms with Crippen LogP contribution < -0.4 is 4.74 Å². The molecule has 2 heterocycles. The molecule has 28 heavy (non-hydrogen) atoms. The van der Waals surface area contributed by atoms with Gasteiger partial charge in [-0.1, -0.05) is 17.7 Å². The predicted molar refractivity (Wildman–Crippen MR) is 104 cm³/mol. The number of rotatable bonds is 5. The zero-order valence-corrected chi connectivity index (χ0v) is 16.2. The molecular formula is C21H18ClFN2O3. The summed E-state index contributed by atoms with van der Waals surface area (Å²) in [6.07, 6.45) is 1.70. The second-order valence-corrected chi connectivity index (χ2v) is 7.13. The molecule has 0 bridgehead atoms. The molecule has 0 aliphatic carbocycles. The predicted octanol–water partition coefficient (Wildman–Crippen LogP) is 4.47. The Balaban J connectivity index is 1.75. The molecule has 1 amide bonds. The molecule has 0 saturated heterocycles. The minimum Gasteiger partial charge on any atom is -0.464 e. The molecule has 0 unspecified atom stereocenters. The number of methoxy groups -OCH3 is 1. The van der Waals surface area contributed by atoms with Gasteiger partial charge in [-0.3, -0.25) is 9.78 Å². The standard InChI is InChI=1S/C21H18ClFN2O3/c1-12-5-6-24-19-15(12)8-14-10-25(9-13-3-4-17(23)16(22)7-13)21(26)18(14)20(19)28-11-27-2/h3-8H,9-11H2,1-2H3. The summed E-state index contributed by atoms with van der Waals surface area (Å²) in [5, 5.41) is 0.975. The summed E-state index contributed by atoms with van der Waals surface area (Å²) in [5.41, 5.74) is 3.80. The molecule has 1 aliphatic heterocycles. The first-order valence-corrected chi connectivity index (χ1v) is 9.13. The second kappa shape index (κ2) is 7.37. The number of ether oxygens (including phenoxy) is 2. The van der Waals surface area contributed by atoms with Crippen LogP contribution in [0.4, 0.5) is 4.39 Å². The number of benzene rings is 2. The Morgan fingerprint density at radius 3 is 2.86 bits per heavy atom. The van der Waals surface area contributed by atoms with Crippen LogP contribution in [0.5, 0.6) is 5.75 Å². The van der Waals surface area contributed by atoms with Crippen molar-refractivity contribution in [1.29, 1.82) is 0 Å². The monoisotopic (exact) mass is 400 g/mol. The van der Waals surface area contributed by atoms with E-state index in [0.717, 1.165) is 22.1 Å². The van der Waals surface area contributed by atoms with Gasteiger partial charge in [-0.15, -0.1) is 0 Å². The second-order valence-electron chi connectivity index (χ2n) is 6.72. The maximum atomic E-state index is 13.4. The van der Waals surface area contributed by atoms with Crippen molar-refractivity contribution < 1.29 is 18.7 Å². The molecule has 3 aromatic rings. The van der Waals surface area contributed by atoms with E-state index in [0.29, 0.717) is 29.9 Å². The van der Waals surface area contributed by atoms with Crippen molar-refractivity contribution in [2.45, 2.75) is 20.0 Å². The lowest BCUT2D eigenvalue weighted by Gasteiger charge is -2.16. The van der Waals surface area contributed by atoms with Crippen LogP contribution >= 0.6 is 11.6 Å². The van der Waals surface area contributed by atoms with Crippen LogP contribution in [0.1, 0.15) is 27.0 Å². The first-order chi connectivity index (χ1) is 13.5. The number of aromatic nitrogens is 1. The van der Waals surface area contributed by atoms with Crippen molar-refractivity contribution in [2.75, 3.05) is 13.9 Å². The van der Waals surface area contributed by atoms with E-state index < -0.39 is 5.82 Å². The Morgan fingerprint density at radius 1 is 1.29 bits per heavy atom. The van der Waals surface area contributed by atoms with E-state index in [2.05, 4.69) is 4.98 Å². The van der Waals surface area contributed by atoms with Crippen molar-refractivity contribution in [1.82, 2.24) is 9.88 Å². The maximum absolute atomic E-state index is 13.4. The van der Waals surface area contributed by atoms with Crippen LogP contribution in [-0.2, 0) is 17.8 Å². The molecule has 0 spiro atoms. The van der Waals surface area contributed by atoms with Gasteiger partial charge in [-0.05, 0) is 47.9 Å². The quantitative estimate of drug-likeness (QED) is 0.593. The number of hydrogen-bond donors (Lipinski definition) is 0. The van der Waals surface area contributed by atoms with E-state index in [1.165, 1.54) is 19.2 Å². The van der Waals surface area contributed by atoms with Crippen LogP contribution in [0.2, 0.25) is 5.02 Å². The van der Waals surface area contributed by atoms with Crippen LogP contribution in [0.15, 0.2) is 36.5 Å². The molecule has 4 rings (SSSR count). The molecule has 0 N–H and O–H groups in total. The van der Waals surface area contributed by atoms with E-state index in [9.17, 15) is 9.18 Å². The summed E-state index contributed by atoms with van der Waals surface area (Å²) in [6, 6.07) is 8.38. The van der Waals surface area contributed by atoms with Crippen molar-refractivity contribution in [3.63, 3.8) is 0 Å². The molecule has 2 aromatic carbocycles. The van der Waals surface area contributed by atoms with Crippen LogP contribution in [0.3, 0.4) is 0 Å². The molecule has 1 aliphatic rings. The third-order valence-corrected chi connectivity index (χ3v) is 5.12. The fourth-order valence-corrected chi connectivity index (χ4v) is 3.69. The number of pyridine rings is 1. The fourth-order valence-electron chi connectivity index (χ4n) is 3.48. The molecule has 7 heteroatoms. The molecule has 5 nitrogen and oxygen atoms in total. The van der Waals surface area contributed by atoms with Gasteiger partial charge in [0.2, 0.25) is 0 Å². The van der Waals surface area contributed by atoms with Gasteiger partial charge in [0.15, 0.2) is 12.5 Å². The SMILES string of the molecule is COCOc1c2c(cc3c(C)ccnc13)CN(Cc1ccc(F)c(Cl)c1)C2=O. The van der Waals surface area contributed by atoms with E-state index in [1.54, 1.807) is 17.2 Å². The van der Waals surface area contributed by atoms with Crippen LogP contribution in [-0.4, -0.2) is 29.7 Å². The van der Waals surface area contributed by atoms with Gasteiger partial charge in [0.05, 0.1) is 10.6 Å². The minimum absolute atomic E-state index is 0.0159. The maximum Gasteiger partial charge on any atom is 0.258 e. The van der Waals surface area contributed by atoms with Crippen LogP contribution in [0.25, 0.3) is 10.9 Å². The highest BCUT2D eigenvalue weighted by atomic mass is 35.5. The summed E-state index contributed by atoms with van der Waals surface area (Å²) in [7, 11) is 1.52. The van der Waals surface area contributed by atoms with Gasteiger partial charge in [0.25, 0.3) is 5.91 Å². The molecule has 0 fully saturated rings. The van der Waals surface area contributed by atoms with Crippen molar-refractivity contribution >= 4 is 28.4 Å². The van der Waals surface area contributed by atoms with E-state index in [-0.39, 0.29) is 17.7 Å². The van der Waals surface area contributed by atoms with Gasteiger partial charge in [0, 0.05) is 31.8 Å². The molecule has 0 radical (unpaired) electrons. The highest BCUT2D eigenvalue weighted by Crippen LogP contribution is 2.38. The molecule has 1 aromatic heterocycles. The van der Waals surface area contributed by atoms with Crippen molar-refractivity contribution in [3.05, 3.63) is 69.6 Å². The Labute approximate surface area is 166 Å². The number of carbonyl (C=O) groups excluding carboxylic acids is 1. The lowest BCUT2D eigenvalue weighted by Crippen LogP contribution is -2.23. The zero-order chi connectivity index (χ0) is 19.8. The summed E-state index contributed by atoms with van der Waals surface area (Å²) >= 11 is 5.87. The number of halogens is 2. The molecular weight excluding hydrogens is 383 g/mol. The Bertz CT molecular complexity index is 1090. The summed E-state index contributed by atoms with van der Waals surface area (Å²) < 4.78 is 24.2. The van der Waals surface area contributed by atoms with E-state index in [1.807, 2.05) is 19.1 Å². The number of hydrogen-bond acceptors (Lipinski definition) is 4. The lowest BCUT2D eigenvalue weighted by atomic mass is 10.0. The minimum atomic E-state index is -0.482. The van der Waals surface area contributed by atoms with Crippen LogP contribution in [0, 0.1) is 12.7 Å². The number of nitrogens with zero attached hydrogens (tertiary/aromatic N) is 2. The van der Waals surface area contributed by atoms with Gasteiger partial charge in [-0.2, -0.15) is 0 Å². The summed E-state index contributed by atoms with van der Waals surface area (Å²) in [6.45, 7) is 2.75. The first-order valence-electron chi connectivity index (χ1n) is 8.75. The number of aryl methyl sites for hydroxylation is 1. The normalized spacial score (nSPS) is 13.3. The number of amides is 1. The topological polar surface area (TPSA) is 51.7 Å². The molecule has 144 valence electrons. The van der Waals surface area contributed by atoms with E-state index in [4.69, 9.17) is 21.1 Å². The Hall–Kier alpha value is -2.70.